The summed E-state index contributed by atoms with van der Waals surface area (Å²) in [5.41, 5.74) is 4.91. The molecule has 2 aromatic rings. The van der Waals surface area contributed by atoms with Crippen LogP contribution in [-0.2, 0) is 0 Å². The van der Waals surface area contributed by atoms with Gasteiger partial charge in [-0.3, -0.25) is 0 Å². The molecule has 21 heavy (non-hydrogen) atoms. The second-order valence-corrected chi connectivity index (χ2v) is 5.28. The highest BCUT2D eigenvalue weighted by molar-refractivity contribution is 5.55. The van der Waals surface area contributed by atoms with E-state index in [0.29, 0.717) is 0 Å². The van der Waals surface area contributed by atoms with E-state index in [0.717, 1.165) is 17.2 Å². The van der Waals surface area contributed by atoms with E-state index < -0.39 is 0 Å². The third-order valence-corrected chi connectivity index (χ3v) is 3.80. The van der Waals surface area contributed by atoms with Gasteiger partial charge in [-0.15, -0.1) is 0 Å². The molecule has 1 unspecified atom stereocenters. The molecule has 2 rings (SSSR count). The first-order valence-electron chi connectivity index (χ1n) is 7.11. The van der Waals surface area contributed by atoms with Crippen LogP contribution < -0.4 is 14.8 Å². The van der Waals surface area contributed by atoms with Crippen molar-refractivity contribution in [2.24, 2.45) is 0 Å². The van der Waals surface area contributed by atoms with Gasteiger partial charge in [-0.1, -0.05) is 18.2 Å². The van der Waals surface area contributed by atoms with Crippen molar-refractivity contribution in [3.63, 3.8) is 0 Å². The molecular weight excluding hydrogens is 262 g/mol. The molecule has 0 fully saturated rings. The fourth-order valence-electron chi connectivity index (χ4n) is 2.29. The van der Waals surface area contributed by atoms with Crippen LogP contribution in [0.25, 0.3) is 0 Å². The minimum Gasteiger partial charge on any atom is -0.493 e. The third-order valence-electron chi connectivity index (χ3n) is 3.80. The minimum absolute atomic E-state index is 0.224. The molecule has 0 saturated heterocycles. The lowest BCUT2D eigenvalue weighted by Gasteiger charge is -2.18. The fraction of sp³-hybridized carbons (Fsp3) is 0.333. The zero-order valence-electron chi connectivity index (χ0n) is 13.4. The van der Waals surface area contributed by atoms with Crippen LogP contribution in [0.1, 0.15) is 29.7 Å². The molecule has 3 nitrogen and oxygen atoms in total. The maximum absolute atomic E-state index is 5.33. The topological polar surface area (TPSA) is 30.5 Å². The number of methoxy groups -OCH3 is 2. The van der Waals surface area contributed by atoms with Gasteiger partial charge in [-0.05, 0) is 49.6 Å². The van der Waals surface area contributed by atoms with E-state index in [9.17, 15) is 0 Å². The number of rotatable bonds is 5. The van der Waals surface area contributed by atoms with Crippen molar-refractivity contribution in [1.82, 2.24) is 0 Å². The Morgan fingerprint density at radius 2 is 1.57 bits per heavy atom. The quantitative estimate of drug-likeness (QED) is 0.877. The van der Waals surface area contributed by atoms with E-state index in [-0.39, 0.29) is 6.04 Å². The highest BCUT2D eigenvalue weighted by atomic mass is 16.5. The number of nitrogens with one attached hydrogen (secondary N) is 1. The molecule has 112 valence electrons. The molecule has 0 bridgehead atoms. The number of hydrogen-bond donors (Lipinski definition) is 1. The monoisotopic (exact) mass is 285 g/mol. The van der Waals surface area contributed by atoms with Crippen LogP contribution >= 0.6 is 0 Å². The Balaban J connectivity index is 2.18. The van der Waals surface area contributed by atoms with Gasteiger partial charge in [0.05, 0.1) is 14.2 Å². The highest BCUT2D eigenvalue weighted by Crippen LogP contribution is 2.31. The average molecular weight is 285 g/mol. The van der Waals surface area contributed by atoms with Crippen molar-refractivity contribution in [2.45, 2.75) is 26.8 Å². The van der Waals surface area contributed by atoms with Gasteiger partial charge in [0.1, 0.15) is 0 Å². The third kappa shape index (κ3) is 3.48. The van der Waals surface area contributed by atoms with E-state index in [1.54, 1.807) is 14.2 Å². The summed E-state index contributed by atoms with van der Waals surface area (Å²) in [5, 5.41) is 3.50. The summed E-state index contributed by atoms with van der Waals surface area (Å²) in [6.07, 6.45) is 0. The van der Waals surface area contributed by atoms with Crippen LogP contribution in [0.4, 0.5) is 5.69 Å². The number of aryl methyl sites for hydroxylation is 2. The van der Waals surface area contributed by atoms with Gasteiger partial charge < -0.3 is 14.8 Å². The molecule has 0 saturated carbocycles. The Hall–Kier alpha value is -2.16. The van der Waals surface area contributed by atoms with E-state index in [4.69, 9.17) is 9.47 Å². The van der Waals surface area contributed by atoms with Crippen molar-refractivity contribution in [2.75, 3.05) is 19.5 Å². The summed E-state index contributed by atoms with van der Waals surface area (Å²) in [6.45, 7) is 6.42. The summed E-state index contributed by atoms with van der Waals surface area (Å²) < 4.78 is 10.6. The van der Waals surface area contributed by atoms with Gasteiger partial charge >= 0.3 is 0 Å². The summed E-state index contributed by atoms with van der Waals surface area (Å²) in [4.78, 5) is 0. The lowest BCUT2D eigenvalue weighted by Crippen LogP contribution is -2.07. The molecule has 1 atom stereocenters. The second kappa shape index (κ2) is 6.53. The predicted molar refractivity (Wildman–Crippen MR) is 87.5 cm³/mol. The van der Waals surface area contributed by atoms with Crippen LogP contribution in [0.3, 0.4) is 0 Å². The first kappa shape index (κ1) is 15.2. The Labute approximate surface area is 126 Å². The highest BCUT2D eigenvalue weighted by Gasteiger charge is 2.09. The first-order valence-corrected chi connectivity index (χ1v) is 7.11. The van der Waals surface area contributed by atoms with Crippen LogP contribution in [-0.4, -0.2) is 14.2 Å². The van der Waals surface area contributed by atoms with Gasteiger partial charge in [0.25, 0.3) is 0 Å². The molecule has 3 heteroatoms. The molecule has 0 aliphatic carbocycles. The van der Waals surface area contributed by atoms with Crippen LogP contribution in [0.15, 0.2) is 36.4 Å². The molecule has 0 aromatic heterocycles. The molecule has 2 aromatic carbocycles. The van der Waals surface area contributed by atoms with Gasteiger partial charge in [0.2, 0.25) is 0 Å². The average Bonchev–Trinajstić information content (AvgIpc) is 2.49. The zero-order valence-corrected chi connectivity index (χ0v) is 13.4. The molecule has 0 aliphatic heterocycles. The van der Waals surface area contributed by atoms with Crippen LogP contribution in [0.2, 0.25) is 0 Å². The van der Waals surface area contributed by atoms with Crippen molar-refractivity contribution < 1.29 is 9.47 Å². The van der Waals surface area contributed by atoms with E-state index >= 15 is 0 Å². The largest absolute Gasteiger partial charge is 0.493 e. The SMILES string of the molecule is COc1ccc(NC(C)c2ccc(C)c(C)c2)cc1OC. The van der Waals surface area contributed by atoms with Crippen molar-refractivity contribution in [3.8, 4) is 11.5 Å². The van der Waals surface area contributed by atoms with Gasteiger partial charge in [0, 0.05) is 17.8 Å². The Morgan fingerprint density at radius 1 is 0.857 bits per heavy atom. The van der Waals surface area contributed by atoms with Crippen LogP contribution in [0, 0.1) is 13.8 Å². The maximum Gasteiger partial charge on any atom is 0.162 e. The lowest BCUT2D eigenvalue weighted by atomic mass is 10.0. The first-order chi connectivity index (χ1) is 10.0. The summed E-state index contributed by atoms with van der Waals surface area (Å²) in [6, 6.07) is 12.7. The maximum atomic E-state index is 5.33. The molecule has 0 amide bonds. The summed E-state index contributed by atoms with van der Waals surface area (Å²) in [5.74, 6) is 1.47. The number of benzene rings is 2. The van der Waals surface area contributed by atoms with Crippen molar-refractivity contribution in [1.29, 1.82) is 0 Å². The number of hydrogen-bond acceptors (Lipinski definition) is 3. The van der Waals surface area contributed by atoms with Gasteiger partial charge in [-0.2, -0.15) is 0 Å². The molecule has 0 heterocycles. The predicted octanol–water partition coefficient (Wildman–Crippen LogP) is 4.49. The number of ether oxygens (including phenoxy) is 2. The Bertz CT molecular complexity index is 623. The Morgan fingerprint density at radius 3 is 2.19 bits per heavy atom. The van der Waals surface area contributed by atoms with E-state index in [1.807, 2.05) is 18.2 Å². The summed E-state index contributed by atoms with van der Waals surface area (Å²) in [7, 11) is 3.29. The molecular formula is C18H23NO2. The molecule has 0 radical (unpaired) electrons. The molecule has 1 N–H and O–H groups in total. The standard InChI is InChI=1S/C18H23NO2/c1-12-6-7-15(10-13(12)2)14(3)19-16-8-9-17(20-4)18(11-16)21-5/h6-11,14,19H,1-5H3. The van der Waals surface area contributed by atoms with Crippen molar-refractivity contribution in [3.05, 3.63) is 53.1 Å². The van der Waals surface area contributed by atoms with E-state index in [2.05, 4.69) is 44.3 Å². The van der Waals surface area contributed by atoms with Crippen molar-refractivity contribution >= 4 is 5.69 Å². The lowest BCUT2D eigenvalue weighted by molar-refractivity contribution is 0.355. The normalized spacial score (nSPS) is 11.9. The molecule has 0 aliphatic rings. The summed E-state index contributed by atoms with van der Waals surface area (Å²) >= 11 is 0. The minimum atomic E-state index is 0.224. The fourth-order valence-corrected chi connectivity index (χ4v) is 2.29. The van der Waals surface area contributed by atoms with Gasteiger partial charge in [0.15, 0.2) is 11.5 Å². The number of anilines is 1. The van der Waals surface area contributed by atoms with Crippen LogP contribution in [0.5, 0.6) is 11.5 Å². The Kier molecular flexibility index (Phi) is 4.73. The smallest absolute Gasteiger partial charge is 0.162 e. The van der Waals surface area contributed by atoms with Gasteiger partial charge in [-0.25, -0.2) is 0 Å². The van der Waals surface area contributed by atoms with E-state index in [1.165, 1.54) is 16.7 Å². The molecule has 0 spiro atoms. The second-order valence-electron chi connectivity index (χ2n) is 5.28. The zero-order chi connectivity index (χ0) is 15.4.